The van der Waals surface area contributed by atoms with Crippen molar-refractivity contribution in [2.24, 2.45) is 5.92 Å². The molecule has 20 heavy (non-hydrogen) atoms. The molecule has 1 aliphatic carbocycles. The molecule has 2 fully saturated rings. The molecule has 0 spiro atoms. The van der Waals surface area contributed by atoms with Crippen LogP contribution in [0.2, 0.25) is 0 Å². The van der Waals surface area contributed by atoms with Gasteiger partial charge >= 0.3 is 0 Å². The van der Waals surface area contributed by atoms with Gasteiger partial charge in [0.05, 0.1) is 25.4 Å². The molecule has 2 aliphatic rings. The van der Waals surface area contributed by atoms with Gasteiger partial charge in [0.1, 0.15) is 0 Å². The zero-order valence-electron chi connectivity index (χ0n) is 11.7. The summed E-state index contributed by atoms with van der Waals surface area (Å²) in [4.78, 5) is 1.20. The lowest BCUT2D eigenvalue weighted by atomic mass is 10.1. The van der Waals surface area contributed by atoms with E-state index < -0.39 is 6.10 Å². The van der Waals surface area contributed by atoms with Crippen LogP contribution in [0.1, 0.15) is 24.1 Å². The summed E-state index contributed by atoms with van der Waals surface area (Å²) in [5.74, 6) is 0.752. The summed E-state index contributed by atoms with van der Waals surface area (Å²) < 4.78 is 11.3. The van der Waals surface area contributed by atoms with Crippen molar-refractivity contribution in [3.05, 3.63) is 22.4 Å². The van der Waals surface area contributed by atoms with Gasteiger partial charge < -0.3 is 19.9 Å². The predicted molar refractivity (Wildman–Crippen MR) is 78.9 cm³/mol. The molecule has 1 aromatic rings. The summed E-state index contributed by atoms with van der Waals surface area (Å²) in [7, 11) is 0. The fourth-order valence-electron chi connectivity index (χ4n) is 2.76. The molecule has 1 aromatic heterocycles. The number of rotatable bonds is 8. The molecule has 0 radical (unpaired) electrons. The van der Waals surface area contributed by atoms with E-state index in [-0.39, 0.29) is 0 Å². The third kappa shape index (κ3) is 4.02. The minimum absolute atomic E-state index is 0.370. The molecule has 3 rings (SSSR count). The van der Waals surface area contributed by atoms with Crippen molar-refractivity contribution in [3.8, 4) is 0 Å². The Kier molecular flexibility index (Phi) is 5.07. The van der Waals surface area contributed by atoms with E-state index in [4.69, 9.17) is 9.47 Å². The summed E-state index contributed by atoms with van der Waals surface area (Å²) in [6.07, 6.45) is 3.58. The first-order valence-electron chi connectivity index (χ1n) is 7.46. The standard InChI is InChI=1S/C15H23NO3S/c17-12(9-18-10-13-2-1-7-20-13)8-16-14-5-6-19-15(14)11-3-4-11/h1-2,7,11-12,14-17H,3-6,8-10H2. The van der Waals surface area contributed by atoms with Crippen molar-refractivity contribution in [3.63, 3.8) is 0 Å². The molecule has 2 heterocycles. The van der Waals surface area contributed by atoms with Crippen LogP contribution in [0, 0.1) is 5.92 Å². The van der Waals surface area contributed by atoms with Crippen LogP contribution in [0.4, 0.5) is 0 Å². The normalized spacial score (nSPS) is 27.9. The predicted octanol–water partition coefficient (Wildman–Crippen LogP) is 1.78. The van der Waals surface area contributed by atoms with E-state index in [1.165, 1.54) is 17.7 Å². The van der Waals surface area contributed by atoms with Crippen molar-refractivity contribution in [2.75, 3.05) is 19.8 Å². The molecule has 4 nitrogen and oxygen atoms in total. The molecule has 3 unspecified atom stereocenters. The van der Waals surface area contributed by atoms with Gasteiger partial charge in [0.25, 0.3) is 0 Å². The fraction of sp³-hybridized carbons (Fsp3) is 0.733. The van der Waals surface area contributed by atoms with Gasteiger partial charge in [0.15, 0.2) is 0 Å². The summed E-state index contributed by atoms with van der Waals surface area (Å²) in [6, 6.07) is 4.47. The van der Waals surface area contributed by atoms with Crippen LogP contribution in [0.5, 0.6) is 0 Å². The fourth-order valence-corrected chi connectivity index (χ4v) is 3.40. The molecule has 3 atom stereocenters. The van der Waals surface area contributed by atoms with Gasteiger partial charge in [-0.3, -0.25) is 0 Å². The van der Waals surface area contributed by atoms with Gasteiger partial charge in [0.2, 0.25) is 0 Å². The lowest BCUT2D eigenvalue weighted by molar-refractivity contribution is 0.0252. The highest BCUT2D eigenvalue weighted by atomic mass is 32.1. The lowest BCUT2D eigenvalue weighted by Crippen LogP contribution is -2.42. The molecular formula is C15H23NO3S. The second-order valence-electron chi connectivity index (χ2n) is 5.72. The minimum atomic E-state index is -0.449. The molecule has 1 saturated carbocycles. The maximum absolute atomic E-state index is 9.95. The molecule has 1 aliphatic heterocycles. The first kappa shape index (κ1) is 14.5. The quantitative estimate of drug-likeness (QED) is 0.768. The maximum Gasteiger partial charge on any atom is 0.0897 e. The smallest absolute Gasteiger partial charge is 0.0897 e. The van der Waals surface area contributed by atoms with E-state index >= 15 is 0 Å². The van der Waals surface area contributed by atoms with Gasteiger partial charge in [-0.05, 0) is 36.6 Å². The molecule has 0 amide bonds. The van der Waals surface area contributed by atoms with E-state index in [2.05, 4.69) is 5.32 Å². The Morgan fingerprint density at radius 2 is 2.35 bits per heavy atom. The number of ether oxygens (including phenoxy) is 2. The third-order valence-electron chi connectivity index (χ3n) is 3.97. The Hall–Kier alpha value is -0.460. The molecule has 5 heteroatoms. The van der Waals surface area contributed by atoms with Crippen LogP contribution in [0.15, 0.2) is 17.5 Å². The van der Waals surface area contributed by atoms with Crippen molar-refractivity contribution < 1.29 is 14.6 Å². The Bertz CT molecular complexity index is 394. The molecule has 0 bridgehead atoms. The van der Waals surface area contributed by atoms with Crippen molar-refractivity contribution in [1.82, 2.24) is 5.32 Å². The average Bonchev–Trinajstić information content (AvgIpc) is 2.98. The van der Waals surface area contributed by atoms with E-state index in [9.17, 15) is 5.11 Å². The third-order valence-corrected chi connectivity index (χ3v) is 4.82. The van der Waals surface area contributed by atoms with Crippen LogP contribution < -0.4 is 5.32 Å². The first-order chi connectivity index (χ1) is 9.83. The van der Waals surface area contributed by atoms with E-state index in [0.717, 1.165) is 18.9 Å². The molecule has 0 aromatic carbocycles. The molecular weight excluding hydrogens is 274 g/mol. The Morgan fingerprint density at radius 1 is 1.45 bits per heavy atom. The van der Waals surface area contributed by atoms with Gasteiger partial charge in [0, 0.05) is 24.1 Å². The Balaban J connectivity index is 1.31. The van der Waals surface area contributed by atoms with Crippen molar-refractivity contribution in [1.29, 1.82) is 0 Å². The first-order valence-corrected chi connectivity index (χ1v) is 8.34. The summed E-state index contributed by atoms with van der Waals surface area (Å²) in [6.45, 7) is 2.41. The lowest BCUT2D eigenvalue weighted by Gasteiger charge is -2.21. The summed E-state index contributed by atoms with van der Waals surface area (Å²) in [5.41, 5.74) is 0. The van der Waals surface area contributed by atoms with E-state index in [0.29, 0.717) is 31.9 Å². The maximum atomic E-state index is 9.95. The number of aliphatic hydroxyl groups is 1. The summed E-state index contributed by atoms with van der Waals surface area (Å²) in [5, 5.41) is 15.4. The molecule has 1 saturated heterocycles. The van der Waals surface area contributed by atoms with Gasteiger partial charge in [-0.25, -0.2) is 0 Å². The number of thiophene rings is 1. The second-order valence-corrected chi connectivity index (χ2v) is 6.76. The highest BCUT2D eigenvalue weighted by molar-refractivity contribution is 7.09. The van der Waals surface area contributed by atoms with E-state index in [1.54, 1.807) is 11.3 Å². The van der Waals surface area contributed by atoms with Crippen LogP contribution in [0.25, 0.3) is 0 Å². The average molecular weight is 297 g/mol. The Labute approximate surface area is 124 Å². The largest absolute Gasteiger partial charge is 0.389 e. The van der Waals surface area contributed by atoms with Gasteiger partial charge in [-0.15, -0.1) is 11.3 Å². The topological polar surface area (TPSA) is 50.7 Å². The van der Waals surface area contributed by atoms with Gasteiger partial charge in [-0.1, -0.05) is 6.07 Å². The van der Waals surface area contributed by atoms with Crippen molar-refractivity contribution >= 4 is 11.3 Å². The Morgan fingerprint density at radius 3 is 3.10 bits per heavy atom. The number of hydrogen-bond acceptors (Lipinski definition) is 5. The highest BCUT2D eigenvalue weighted by Crippen LogP contribution is 2.38. The second kappa shape index (κ2) is 7.00. The number of nitrogens with one attached hydrogen (secondary N) is 1. The zero-order valence-corrected chi connectivity index (χ0v) is 12.5. The SMILES string of the molecule is OC(CNC1CCOC1C1CC1)COCc1cccs1. The van der Waals surface area contributed by atoms with Crippen LogP contribution in [-0.2, 0) is 16.1 Å². The van der Waals surface area contributed by atoms with Gasteiger partial charge in [-0.2, -0.15) is 0 Å². The number of aliphatic hydroxyl groups excluding tert-OH is 1. The van der Waals surface area contributed by atoms with Crippen LogP contribution in [0.3, 0.4) is 0 Å². The highest BCUT2D eigenvalue weighted by Gasteiger charge is 2.40. The van der Waals surface area contributed by atoms with E-state index in [1.807, 2.05) is 17.5 Å². The van der Waals surface area contributed by atoms with Crippen LogP contribution >= 0.6 is 11.3 Å². The molecule has 112 valence electrons. The van der Waals surface area contributed by atoms with Crippen molar-refractivity contribution in [2.45, 2.75) is 44.1 Å². The number of hydrogen-bond donors (Lipinski definition) is 2. The summed E-state index contributed by atoms with van der Waals surface area (Å²) >= 11 is 1.68. The minimum Gasteiger partial charge on any atom is -0.389 e. The van der Waals surface area contributed by atoms with Crippen LogP contribution in [-0.4, -0.2) is 43.1 Å². The monoisotopic (exact) mass is 297 g/mol. The zero-order chi connectivity index (χ0) is 13.8. The molecule has 2 N–H and O–H groups in total.